The number of para-hydroxylation sites is 1. The number of rotatable bonds is 1. The van der Waals surface area contributed by atoms with Gasteiger partial charge in [0.2, 0.25) is 0 Å². The first-order valence-electron chi connectivity index (χ1n) is 7.97. The third kappa shape index (κ3) is 2.75. The Bertz CT molecular complexity index is 744. The first kappa shape index (κ1) is 16.0. The van der Waals surface area contributed by atoms with Crippen LogP contribution in [0.15, 0.2) is 42.5 Å². The molecule has 1 N–H and O–H groups in total. The van der Waals surface area contributed by atoms with Crippen molar-refractivity contribution < 1.29 is 4.79 Å². The average Bonchev–Trinajstić information content (AvgIpc) is 3.02. The number of benzene rings is 2. The zero-order chi connectivity index (χ0) is 15.1. The van der Waals surface area contributed by atoms with Gasteiger partial charge in [0.15, 0.2) is 0 Å². The molecular formula is C19H21ClN2O. The quantitative estimate of drug-likeness (QED) is 0.862. The Hall–Kier alpha value is -1.84. The van der Waals surface area contributed by atoms with E-state index in [0.29, 0.717) is 5.92 Å². The number of amides is 1. The van der Waals surface area contributed by atoms with Crippen LogP contribution in [0.2, 0.25) is 0 Å². The molecule has 0 spiro atoms. The molecule has 2 aromatic carbocycles. The average molecular weight is 329 g/mol. The van der Waals surface area contributed by atoms with Crippen molar-refractivity contribution in [3.63, 3.8) is 0 Å². The van der Waals surface area contributed by atoms with Gasteiger partial charge in [-0.1, -0.05) is 31.2 Å². The van der Waals surface area contributed by atoms with Gasteiger partial charge in [0.25, 0.3) is 5.91 Å². The summed E-state index contributed by atoms with van der Waals surface area (Å²) < 4.78 is 0. The number of fused-ring (bicyclic) bond motifs is 2. The highest BCUT2D eigenvalue weighted by molar-refractivity contribution is 6.07. The van der Waals surface area contributed by atoms with E-state index in [0.717, 1.165) is 37.3 Å². The number of hydrogen-bond donors (Lipinski definition) is 1. The highest BCUT2D eigenvalue weighted by Gasteiger charge is 2.27. The van der Waals surface area contributed by atoms with E-state index in [9.17, 15) is 4.79 Å². The van der Waals surface area contributed by atoms with Gasteiger partial charge in [0, 0.05) is 30.9 Å². The lowest BCUT2D eigenvalue weighted by Crippen LogP contribution is -2.36. The van der Waals surface area contributed by atoms with Crippen molar-refractivity contribution >= 4 is 24.0 Å². The summed E-state index contributed by atoms with van der Waals surface area (Å²) in [6.07, 6.45) is 1.02. The van der Waals surface area contributed by atoms with Crippen molar-refractivity contribution in [2.45, 2.75) is 32.4 Å². The largest absolute Gasteiger partial charge is 0.309 e. The van der Waals surface area contributed by atoms with Gasteiger partial charge >= 0.3 is 0 Å². The zero-order valence-electron chi connectivity index (χ0n) is 13.2. The van der Waals surface area contributed by atoms with Gasteiger partial charge in [-0.2, -0.15) is 0 Å². The smallest absolute Gasteiger partial charge is 0.258 e. The predicted octanol–water partition coefficient (Wildman–Crippen LogP) is 3.87. The van der Waals surface area contributed by atoms with Gasteiger partial charge in [0.1, 0.15) is 0 Å². The topological polar surface area (TPSA) is 32.3 Å². The third-order valence-electron chi connectivity index (χ3n) is 4.87. The molecule has 0 bridgehead atoms. The van der Waals surface area contributed by atoms with Crippen LogP contribution < -0.4 is 10.2 Å². The number of hydrogen-bond acceptors (Lipinski definition) is 2. The second kappa shape index (κ2) is 6.34. The molecule has 0 saturated carbocycles. The molecule has 2 aromatic rings. The van der Waals surface area contributed by atoms with Crippen LogP contribution in [0.5, 0.6) is 0 Å². The van der Waals surface area contributed by atoms with Crippen molar-refractivity contribution in [2.24, 2.45) is 0 Å². The van der Waals surface area contributed by atoms with Gasteiger partial charge < -0.3 is 10.2 Å². The normalized spacial score (nSPS) is 18.8. The number of carbonyl (C=O) groups excluding carboxylic acids is 1. The fourth-order valence-corrected chi connectivity index (χ4v) is 3.54. The Kier molecular flexibility index (Phi) is 4.42. The molecule has 2 heterocycles. The highest BCUT2D eigenvalue weighted by atomic mass is 35.5. The molecule has 1 amide bonds. The van der Waals surface area contributed by atoms with E-state index in [2.05, 4.69) is 42.6 Å². The van der Waals surface area contributed by atoms with E-state index >= 15 is 0 Å². The van der Waals surface area contributed by atoms with Crippen LogP contribution in [-0.2, 0) is 13.1 Å². The second-order valence-corrected chi connectivity index (χ2v) is 6.29. The molecule has 0 radical (unpaired) electrons. The van der Waals surface area contributed by atoms with Crippen molar-refractivity contribution in [3.05, 3.63) is 64.7 Å². The van der Waals surface area contributed by atoms with E-state index in [1.54, 1.807) is 0 Å². The van der Waals surface area contributed by atoms with Crippen LogP contribution in [0, 0.1) is 0 Å². The fourth-order valence-electron chi connectivity index (χ4n) is 3.54. The summed E-state index contributed by atoms with van der Waals surface area (Å²) in [6, 6.07) is 14.4. The minimum atomic E-state index is 0. The first-order chi connectivity index (χ1) is 10.7. The molecule has 3 nitrogen and oxygen atoms in total. The van der Waals surface area contributed by atoms with Crippen LogP contribution in [0.3, 0.4) is 0 Å². The Morgan fingerprint density at radius 2 is 1.91 bits per heavy atom. The number of nitrogens with zero attached hydrogens (tertiary/aromatic N) is 1. The lowest BCUT2D eigenvalue weighted by Gasteiger charge is -2.33. The Balaban J connectivity index is 0.00000156. The van der Waals surface area contributed by atoms with E-state index in [1.807, 2.05) is 17.0 Å². The molecule has 1 unspecified atom stereocenters. The number of carbonyl (C=O) groups is 1. The summed E-state index contributed by atoms with van der Waals surface area (Å²) in [4.78, 5) is 14.9. The molecule has 120 valence electrons. The SMILES string of the molecule is CC1CCN(C(=O)c2ccc3c(c2)CNC3)c2ccccc21.Cl. The molecule has 0 fully saturated rings. The van der Waals surface area contributed by atoms with E-state index < -0.39 is 0 Å². The van der Waals surface area contributed by atoms with E-state index in [1.165, 1.54) is 16.7 Å². The number of halogens is 1. The van der Waals surface area contributed by atoms with Crippen LogP contribution >= 0.6 is 12.4 Å². The molecule has 1 atom stereocenters. The van der Waals surface area contributed by atoms with Crippen molar-refractivity contribution in [2.75, 3.05) is 11.4 Å². The summed E-state index contributed by atoms with van der Waals surface area (Å²) in [5, 5.41) is 3.33. The van der Waals surface area contributed by atoms with Gasteiger partial charge in [0.05, 0.1) is 0 Å². The third-order valence-corrected chi connectivity index (χ3v) is 4.87. The molecule has 2 aliphatic heterocycles. The summed E-state index contributed by atoms with van der Waals surface area (Å²) in [7, 11) is 0. The molecule has 0 aromatic heterocycles. The molecule has 4 heteroatoms. The number of anilines is 1. The van der Waals surface area contributed by atoms with Crippen molar-refractivity contribution in [1.82, 2.24) is 5.32 Å². The van der Waals surface area contributed by atoms with E-state index in [-0.39, 0.29) is 18.3 Å². The Morgan fingerprint density at radius 3 is 2.78 bits per heavy atom. The van der Waals surface area contributed by atoms with Crippen LogP contribution in [0.4, 0.5) is 5.69 Å². The molecule has 0 saturated heterocycles. The summed E-state index contributed by atoms with van der Waals surface area (Å²) in [6.45, 7) is 4.81. The Labute approximate surface area is 143 Å². The summed E-state index contributed by atoms with van der Waals surface area (Å²) in [5.74, 6) is 0.638. The van der Waals surface area contributed by atoms with Gasteiger partial charge in [-0.25, -0.2) is 0 Å². The molecule has 4 rings (SSSR count). The van der Waals surface area contributed by atoms with E-state index in [4.69, 9.17) is 0 Å². The standard InChI is InChI=1S/C19H20N2O.ClH/c1-13-8-9-21(18-5-3-2-4-17(13)18)19(22)14-6-7-15-11-20-12-16(15)10-14;/h2-7,10,13,20H,8-9,11-12H2,1H3;1H. The van der Waals surface area contributed by atoms with Gasteiger partial charge in [-0.3, -0.25) is 4.79 Å². The summed E-state index contributed by atoms with van der Waals surface area (Å²) >= 11 is 0. The maximum absolute atomic E-state index is 13.0. The maximum Gasteiger partial charge on any atom is 0.258 e. The predicted molar refractivity (Wildman–Crippen MR) is 95.4 cm³/mol. The Morgan fingerprint density at radius 1 is 1.13 bits per heavy atom. The lowest BCUT2D eigenvalue weighted by atomic mass is 9.91. The van der Waals surface area contributed by atoms with Crippen molar-refractivity contribution in [1.29, 1.82) is 0 Å². The monoisotopic (exact) mass is 328 g/mol. The summed E-state index contributed by atoms with van der Waals surface area (Å²) in [5.41, 5.74) is 5.72. The van der Waals surface area contributed by atoms with Gasteiger partial charge in [-0.15, -0.1) is 12.4 Å². The van der Waals surface area contributed by atoms with Crippen LogP contribution in [0.1, 0.15) is 46.3 Å². The first-order valence-corrected chi connectivity index (χ1v) is 7.97. The van der Waals surface area contributed by atoms with Crippen LogP contribution in [0.25, 0.3) is 0 Å². The molecule has 23 heavy (non-hydrogen) atoms. The number of nitrogens with one attached hydrogen (secondary N) is 1. The molecule has 2 aliphatic rings. The fraction of sp³-hybridized carbons (Fsp3) is 0.316. The molecular weight excluding hydrogens is 308 g/mol. The maximum atomic E-state index is 13.0. The van der Waals surface area contributed by atoms with Crippen LogP contribution in [-0.4, -0.2) is 12.5 Å². The van der Waals surface area contributed by atoms with Crippen molar-refractivity contribution in [3.8, 4) is 0 Å². The minimum absolute atomic E-state index is 0. The highest BCUT2D eigenvalue weighted by Crippen LogP contribution is 2.35. The van der Waals surface area contributed by atoms with Gasteiger partial charge in [-0.05, 0) is 47.2 Å². The zero-order valence-corrected chi connectivity index (χ0v) is 14.0. The second-order valence-electron chi connectivity index (χ2n) is 6.29. The lowest BCUT2D eigenvalue weighted by molar-refractivity contribution is 0.0984. The molecule has 0 aliphatic carbocycles. The minimum Gasteiger partial charge on any atom is -0.309 e.